The van der Waals surface area contributed by atoms with Gasteiger partial charge in [0.05, 0.1) is 24.1 Å². The molecule has 0 radical (unpaired) electrons. The van der Waals surface area contributed by atoms with E-state index in [9.17, 15) is 22.8 Å². The first-order chi connectivity index (χ1) is 12.2. The molecule has 0 unspecified atom stereocenters. The van der Waals surface area contributed by atoms with E-state index in [0.29, 0.717) is 0 Å². The van der Waals surface area contributed by atoms with Crippen LogP contribution in [0.2, 0.25) is 0 Å². The van der Waals surface area contributed by atoms with E-state index >= 15 is 0 Å². The number of esters is 1. The van der Waals surface area contributed by atoms with Crippen molar-refractivity contribution in [3.63, 3.8) is 0 Å². The van der Waals surface area contributed by atoms with Gasteiger partial charge in [-0.2, -0.15) is 18.3 Å². The number of nitrogens with zero attached hydrogens (tertiary/aromatic N) is 2. The molecule has 6 nitrogen and oxygen atoms in total. The molecule has 26 heavy (non-hydrogen) atoms. The number of ether oxygens (including phenoxy) is 1. The standard InChI is InChI=1S/C17H14F3N3O3/c1-3-26-16(25)12-7-14-15(24)21-13(8-23(14)22-12)10-5-4-9(2)11(6-10)17(18,19)20/h4-8H,3H2,1-2H3,(H,21,24). The maximum atomic E-state index is 13.1. The van der Waals surface area contributed by atoms with Crippen molar-refractivity contribution in [3.8, 4) is 11.3 Å². The lowest BCUT2D eigenvalue weighted by atomic mass is 10.0. The molecule has 2 heterocycles. The van der Waals surface area contributed by atoms with E-state index in [-0.39, 0.29) is 34.6 Å². The average Bonchev–Trinajstić information content (AvgIpc) is 2.99. The van der Waals surface area contributed by atoms with Gasteiger partial charge >= 0.3 is 12.1 Å². The van der Waals surface area contributed by atoms with Crippen LogP contribution in [0, 0.1) is 6.92 Å². The Labute approximate surface area is 145 Å². The Bertz CT molecular complexity index is 1050. The Morgan fingerprint density at radius 3 is 2.69 bits per heavy atom. The fourth-order valence-corrected chi connectivity index (χ4v) is 2.55. The zero-order chi connectivity index (χ0) is 19.1. The second-order valence-corrected chi connectivity index (χ2v) is 5.60. The highest BCUT2D eigenvalue weighted by Gasteiger charge is 2.32. The van der Waals surface area contributed by atoms with Crippen LogP contribution in [0.15, 0.2) is 35.3 Å². The Kier molecular flexibility index (Phi) is 4.31. The molecule has 3 rings (SSSR count). The number of nitrogens with one attached hydrogen (secondary N) is 1. The molecule has 0 atom stereocenters. The summed E-state index contributed by atoms with van der Waals surface area (Å²) in [6.07, 6.45) is -3.16. The zero-order valence-corrected chi connectivity index (χ0v) is 13.8. The van der Waals surface area contributed by atoms with Crippen molar-refractivity contribution in [2.45, 2.75) is 20.0 Å². The van der Waals surface area contributed by atoms with Crippen LogP contribution < -0.4 is 5.56 Å². The van der Waals surface area contributed by atoms with E-state index in [1.807, 2.05) is 0 Å². The third-order valence-electron chi connectivity index (χ3n) is 3.81. The fourth-order valence-electron chi connectivity index (χ4n) is 2.55. The van der Waals surface area contributed by atoms with Gasteiger partial charge in [0.1, 0.15) is 5.52 Å². The van der Waals surface area contributed by atoms with Gasteiger partial charge < -0.3 is 9.72 Å². The molecule has 0 fully saturated rings. The summed E-state index contributed by atoms with van der Waals surface area (Å²) in [5, 5.41) is 3.97. The normalized spacial score (nSPS) is 11.7. The number of carbonyl (C=O) groups is 1. The molecule has 1 aromatic carbocycles. The van der Waals surface area contributed by atoms with E-state index in [1.54, 1.807) is 6.92 Å². The van der Waals surface area contributed by atoms with Crippen molar-refractivity contribution in [2.24, 2.45) is 0 Å². The molecule has 0 aliphatic rings. The SMILES string of the molecule is CCOC(=O)c1cc2c(=O)[nH]c(-c3ccc(C)c(C(F)(F)F)c3)cn2n1. The minimum atomic E-state index is -4.51. The third kappa shape index (κ3) is 3.19. The van der Waals surface area contributed by atoms with Gasteiger partial charge in [-0.15, -0.1) is 0 Å². The molecule has 0 bridgehead atoms. The van der Waals surface area contributed by atoms with Crippen molar-refractivity contribution in [2.75, 3.05) is 6.61 Å². The number of carbonyl (C=O) groups excluding carboxylic acids is 1. The van der Waals surface area contributed by atoms with Crippen LogP contribution in [0.25, 0.3) is 16.8 Å². The van der Waals surface area contributed by atoms with E-state index in [0.717, 1.165) is 10.6 Å². The molecular formula is C17H14F3N3O3. The molecule has 0 spiro atoms. The monoisotopic (exact) mass is 365 g/mol. The smallest absolute Gasteiger partial charge is 0.416 e. The summed E-state index contributed by atoms with van der Waals surface area (Å²) < 4.78 is 45.3. The Morgan fingerprint density at radius 1 is 1.31 bits per heavy atom. The summed E-state index contributed by atoms with van der Waals surface area (Å²) >= 11 is 0. The Balaban J connectivity index is 2.12. The maximum absolute atomic E-state index is 13.1. The van der Waals surface area contributed by atoms with Crippen molar-refractivity contribution in [1.29, 1.82) is 0 Å². The fraction of sp³-hybridized carbons (Fsp3) is 0.235. The van der Waals surface area contributed by atoms with Crippen LogP contribution >= 0.6 is 0 Å². The van der Waals surface area contributed by atoms with Crippen LogP contribution in [0.1, 0.15) is 28.5 Å². The molecule has 9 heteroatoms. The predicted molar refractivity (Wildman–Crippen MR) is 86.9 cm³/mol. The number of hydrogen-bond acceptors (Lipinski definition) is 4. The van der Waals surface area contributed by atoms with Gasteiger partial charge in [0.25, 0.3) is 5.56 Å². The molecule has 3 aromatic rings. The topological polar surface area (TPSA) is 76.5 Å². The lowest BCUT2D eigenvalue weighted by Gasteiger charge is -2.12. The van der Waals surface area contributed by atoms with Crippen LogP contribution in [-0.4, -0.2) is 27.2 Å². The van der Waals surface area contributed by atoms with Gasteiger partial charge in [0.2, 0.25) is 0 Å². The van der Waals surface area contributed by atoms with Crippen molar-refractivity contribution >= 4 is 11.5 Å². The number of hydrogen-bond donors (Lipinski definition) is 1. The number of aromatic nitrogens is 3. The maximum Gasteiger partial charge on any atom is 0.416 e. The molecule has 136 valence electrons. The van der Waals surface area contributed by atoms with Crippen molar-refractivity contribution in [1.82, 2.24) is 14.6 Å². The lowest BCUT2D eigenvalue weighted by Crippen LogP contribution is -2.12. The lowest BCUT2D eigenvalue weighted by molar-refractivity contribution is -0.138. The minimum Gasteiger partial charge on any atom is -0.461 e. The number of fused-ring (bicyclic) bond motifs is 1. The second-order valence-electron chi connectivity index (χ2n) is 5.60. The van der Waals surface area contributed by atoms with Crippen LogP contribution in [0.4, 0.5) is 13.2 Å². The summed E-state index contributed by atoms with van der Waals surface area (Å²) in [6, 6.07) is 5.02. The molecule has 0 amide bonds. The molecule has 0 aliphatic carbocycles. The number of aryl methyl sites for hydroxylation is 1. The summed E-state index contributed by atoms with van der Waals surface area (Å²) in [6.45, 7) is 3.14. The second kappa shape index (κ2) is 6.32. The van der Waals surface area contributed by atoms with Crippen LogP contribution in [0.5, 0.6) is 0 Å². The molecule has 2 aromatic heterocycles. The van der Waals surface area contributed by atoms with E-state index < -0.39 is 23.3 Å². The Morgan fingerprint density at radius 2 is 2.04 bits per heavy atom. The average molecular weight is 365 g/mol. The van der Waals surface area contributed by atoms with E-state index in [2.05, 4.69) is 10.1 Å². The zero-order valence-electron chi connectivity index (χ0n) is 13.8. The third-order valence-corrected chi connectivity index (χ3v) is 3.81. The number of aromatic amines is 1. The van der Waals surface area contributed by atoms with Crippen molar-refractivity contribution < 1.29 is 22.7 Å². The first-order valence-electron chi connectivity index (χ1n) is 7.68. The Hall–Kier alpha value is -3.10. The molecule has 0 saturated carbocycles. The highest BCUT2D eigenvalue weighted by atomic mass is 19.4. The number of halogens is 3. The number of benzene rings is 1. The first-order valence-corrected chi connectivity index (χ1v) is 7.68. The van der Waals surface area contributed by atoms with Gasteiger partial charge in [-0.05, 0) is 25.5 Å². The molecule has 1 N–H and O–H groups in total. The highest BCUT2D eigenvalue weighted by Crippen LogP contribution is 2.34. The molecular weight excluding hydrogens is 351 g/mol. The summed E-state index contributed by atoms with van der Waals surface area (Å²) in [7, 11) is 0. The van der Waals surface area contributed by atoms with Crippen LogP contribution in [0.3, 0.4) is 0 Å². The number of H-pyrrole nitrogens is 1. The largest absolute Gasteiger partial charge is 0.461 e. The number of rotatable bonds is 3. The summed E-state index contributed by atoms with van der Waals surface area (Å²) in [5.74, 6) is -0.688. The van der Waals surface area contributed by atoms with Gasteiger partial charge in [0.15, 0.2) is 5.69 Å². The van der Waals surface area contributed by atoms with Gasteiger partial charge in [-0.1, -0.05) is 12.1 Å². The van der Waals surface area contributed by atoms with Gasteiger partial charge in [-0.3, -0.25) is 4.79 Å². The van der Waals surface area contributed by atoms with Crippen molar-refractivity contribution in [3.05, 3.63) is 57.6 Å². The quantitative estimate of drug-likeness (QED) is 0.723. The van der Waals surface area contributed by atoms with Gasteiger partial charge in [-0.25, -0.2) is 9.31 Å². The number of alkyl halides is 3. The van der Waals surface area contributed by atoms with E-state index in [1.165, 1.54) is 31.3 Å². The summed E-state index contributed by atoms with van der Waals surface area (Å²) in [4.78, 5) is 26.5. The molecule has 0 saturated heterocycles. The molecule has 0 aliphatic heterocycles. The highest BCUT2D eigenvalue weighted by molar-refractivity contribution is 5.88. The summed E-state index contributed by atoms with van der Waals surface area (Å²) in [5.41, 5.74) is -0.951. The van der Waals surface area contributed by atoms with Crippen LogP contribution in [-0.2, 0) is 10.9 Å². The minimum absolute atomic E-state index is 0.0608. The van der Waals surface area contributed by atoms with E-state index in [4.69, 9.17) is 4.74 Å². The predicted octanol–water partition coefficient (Wildman–Crippen LogP) is 3.19. The van der Waals surface area contributed by atoms with Gasteiger partial charge in [0, 0.05) is 11.6 Å². The first kappa shape index (κ1) is 17.7.